The van der Waals surface area contributed by atoms with Gasteiger partial charge in [0.25, 0.3) is 0 Å². The molecule has 0 aliphatic heterocycles. The molecule has 0 bridgehead atoms. The minimum Gasteiger partial charge on any atom is -0.294 e. The van der Waals surface area contributed by atoms with Crippen LogP contribution in [-0.4, -0.2) is 5.78 Å². The second-order valence-electron chi connectivity index (χ2n) is 3.27. The Morgan fingerprint density at radius 1 is 1.20 bits per heavy atom. The van der Waals surface area contributed by atoms with Crippen LogP contribution in [0.4, 0.5) is 13.2 Å². The van der Waals surface area contributed by atoms with E-state index in [2.05, 4.69) is 0 Å². The molecule has 0 atom stereocenters. The second kappa shape index (κ2) is 4.96. The Bertz CT molecular complexity index is 351. The molecule has 0 radical (unpaired) electrons. The smallest absolute Gasteiger partial charge is 0.168 e. The Labute approximate surface area is 85.9 Å². The summed E-state index contributed by atoms with van der Waals surface area (Å²) in [6.07, 6.45) is 1.40. The molecule has 0 saturated heterocycles. The summed E-state index contributed by atoms with van der Waals surface area (Å²) in [7, 11) is 0. The van der Waals surface area contributed by atoms with Gasteiger partial charge in [0.05, 0.1) is 5.56 Å². The predicted octanol–water partition coefficient (Wildman–Crippen LogP) is 3.48. The van der Waals surface area contributed by atoms with Crippen LogP contribution in [0.1, 0.15) is 36.5 Å². The molecule has 15 heavy (non-hydrogen) atoms. The molecule has 1 rings (SSSR count). The molecule has 0 amide bonds. The third-order valence-corrected chi connectivity index (χ3v) is 2.04. The second-order valence-corrected chi connectivity index (χ2v) is 3.27. The Balaban J connectivity index is 2.98. The number of hydrogen-bond acceptors (Lipinski definition) is 1. The normalized spacial score (nSPS) is 10.4. The van der Waals surface area contributed by atoms with E-state index < -0.39 is 28.8 Å². The molecule has 4 heteroatoms. The minimum absolute atomic E-state index is 0.0793. The van der Waals surface area contributed by atoms with Gasteiger partial charge in [-0.3, -0.25) is 4.79 Å². The van der Waals surface area contributed by atoms with Gasteiger partial charge in [0.1, 0.15) is 17.5 Å². The van der Waals surface area contributed by atoms with Crippen LogP contribution in [0.15, 0.2) is 12.1 Å². The Kier molecular flexibility index (Phi) is 3.88. The van der Waals surface area contributed by atoms with Crippen molar-refractivity contribution in [2.75, 3.05) is 0 Å². The maximum atomic E-state index is 13.1. The van der Waals surface area contributed by atoms with Crippen LogP contribution in [0, 0.1) is 17.5 Å². The highest BCUT2D eigenvalue weighted by Gasteiger charge is 2.17. The summed E-state index contributed by atoms with van der Waals surface area (Å²) >= 11 is 0. The van der Waals surface area contributed by atoms with Crippen LogP contribution in [0.5, 0.6) is 0 Å². The van der Waals surface area contributed by atoms with Gasteiger partial charge in [-0.2, -0.15) is 0 Å². The van der Waals surface area contributed by atoms with Crippen molar-refractivity contribution in [1.29, 1.82) is 0 Å². The average molecular weight is 216 g/mol. The number of benzene rings is 1. The summed E-state index contributed by atoms with van der Waals surface area (Å²) in [4.78, 5) is 11.4. The lowest BCUT2D eigenvalue weighted by atomic mass is 10.0. The Morgan fingerprint density at radius 3 is 2.20 bits per heavy atom. The van der Waals surface area contributed by atoms with Crippen LogP contribution < -0.4 is 0 Å². The fourth-order valence-corrected chi connectivity index (χ4v) is 1.27. The SMILES string of the molecule is CCCCC(=O)c1c(F)cc(F)cc1F. The molecule has 0 aliphatic rings. The van der Waals surface area contributed by atoms with Crippen molar-refractivity contribution in [3.63, 3.8) is 0 Å². The maximum absolute atomic E-state index is 13.1. The summed E-state index contributed by atoms with van der Waals surface area (Å²) in [5.74, 6) is -3.90. The van der Waals surface area contributed by atoms with Crippen LogP contribution in [0.2, 0.25) is 0 Å². The molecule has 1 nitrogen and oxygen atoms in total. The topological polar surface area (TPSA) is 17.1 Å². The van der Waals surface area contributed by atoms with Crippen molar-refractivity contribution >= 4 is 5.78 Å². The number of rotatable bonds is 4. The van der Waals surface area contributed by atoms with E-state index in [4.69, 9.17) is 0 Å². The number of carbonyl (C=O) groups is 1. The highest BCUT2D eigenvalue weighted by Crippen LogP contribution is 2.17. The molecule has 82 valence electrons. The number of halogens is 3. The quantitative estimate of drug-likeness (QED) is 0.704. The predicted molar refractivity (Wildman–Crippen MR) is 50.2 cm³/mol. The molecule has 0 aromatic heterocycles. The highest BCUT2D eigenvalue weighted by molar-refractivity contribution is 5.96. The summed E-state index contributed by atoms with van der Waals surface area (Å²) < 4.78 is 38.7. The molecular weight excluding hydrogens is 205 g/mol. The Hall–Kier alpha value is -1.32. The molecular formula is C11H11F3O. The van der Waals surface area contributed by atoms with Gasteiger partial charge in [-0.25, -0.2) is 13.2 Å². The van der Waals surface area contributed by atoms with Crippen LogP contribution in [-0.2, 0) is 0 Å². The van der Waals surface area contributed by atoms with Crippen molar-refractivity contribution in [1.82, 2.24) is 0 Å². The van der Waals surface area contributed by atoms with Gasteiger partial charge < -0.3 is 0 Å². The van der Waals surface area contributed by atoms with Crippen LogP contribution in [0.25, 0.3) is 0 Å². The maximum Gasteiger partial charge on any atom is 0.168 e. The van der Waals surface area contributed by atoms with Crippen molar-refractivity contribution in [2.45, 2.75) is 26.2 Å². The Morgan fingerprint density at radius 2 is 1.73 bits per heavy atom. The fraction of sp³-hybridized carbons (Fsp3) is 0.364. The van der Waals surface area contributed by atoms with Crippen molar-refractivity contribution in [3.05, 3.63) is 35.1 Å². The monoisotopic (exact) mass is 216 g/mol. The molecule has 0 saturated carbocycles. The van der Waals surface area contributed by atoms with E-state index in [-0.39, 0.29) is 6.42 Å². The lowest BCUT2D eigenvalue weighted by Crippen LogP contribution is -2.06. The van der Waals surface area contributed by atoms with Crippen molar-refractivity contribution in [2.24, 2.45) is 0 Å². The third-order valence-electron chi connectivity index (χ3n) is 2.04. The third kappa shape index (κ3) is 2.81. The number of unbranched alkanes of at least 4 members (excludes halogenated alkanes) is 1. The summed E-state index contributed by atoms with van der Waals surface area (Å²) in [5.41, 5.74) is -0.634. The van der Waals surface area contributed by atoms with E-state index in [1.165, 1.54) is 0 Å². The summed E-state index contributed by atoms with van der Waals surface area (Å²) in [5, 5.41) is 0. The zero-order chi connectivity index (χ0) is 11.4. The average Bonchev–Trinajstić information content (AvgIpc) is 2.12. The van der Waals surface area contributed by atoms with E-state index in [0.29, 0.717) is 18.6 Å². The van der Waals surface area contributed by atoms with Gasteiger partial charge >= 0.3 is 0 Å². The number of ketones is 1. The summed E-state index contributed by atoms with van der Waals surface area (Å²) in [6.45, 7) is 1.87. The van der Waals surface area contributed by atoms with Gasteiger partial charge in [0.15, 0.2) is 5.78 Å². The van der Waals surface area contributed by atoms with Gasteiger partial charge in [0, 0.05) is 18.6 Å². The zero-order valence-corrected chi connectivity index (χ0v) is 8.32. The van der Waals surface area contributed by atoms with Crippen molar-refractivity contribution < 1.29 is 18.0 Å². The molecule has 0 heterocycles. The number of carbonyl (C=O) groups excluding carboxylic acids is 1. The lowest BCUT2D eigenvalue weighted by Gasteiger charge is -2.03. The number of hydrogen-bond donors (Lipinski definition) is 0. The van der Waals surface area contributed by atoms with Gasteiger partial charge in [-0.05, 0) is 6.42 Å². The largest absolute Gasteiger partial charge is 0.294 e. The molecule has 0 fully saturated rings. The van der Waals surface area contributed by atoms with E-state index in [0.717, 1.165) is 6.42 Å². The number of Topliss-reactive ketones (excluding diaryl/α,β-unsaturated/α-hetero) is 1. The van der Waals surface area contributed by atoms with Gasteiger partial charge in [-0.15, -0.1) is 0 Å². The molecule has 0 spiro atoms. The van der Waals surface area contributed by atoms with E-state index in [9.17, 15) is 18.0 Å². The van der Waals surface area contributed by atoms with Crippen LogP contribution in [0.3, 0.4) is 0 Å². The van der Waals surface area contributed by atoms with Gasteiger partial charge in [-0.1, -0.05) is 13.3 Å². The first-order valence-electron chi connectivity index (χ1n) is 4.74. The fourth-order valence-electron chi connectivity index (χ4n) is 1.27. The first kappa shape index (κ1) is 11.8. The van der Waals surface area contributed by atoms with E-state index >= 15 is 0 Å². The van der Waals surface area contributed by atoms with E-state index in [1.807, 2.05) is 6.92 Å². The standard InChI is InChI=1S/C11H11F3O/c1-2-3-4-10(15)11-8(13)5-7(12)6-9(11)14/h5-6H,2-4H2,1H3. The molecule has 0 unspecified atom stereocenters. The minimum atomic E-state index is -1.13. The highest BCUT2D eigenvalue weighted by atomic mass is 19.1. The van der Waals surface area contributed by atoms with Gasteiger partial charge in [0.2, 0.25) is 0 Å². The molecule has 0 N–H and O–H groups in total. The molecule has 1 aromatic rings. The van der Waals surface area contributed by atoms with Crippen LogP contribution >= 0.6 is 0 Å². The molecule has 1 aromatic carbocycles. The molecule has 0 aliphatic carbocycles. The summed E-state index contributed by atoms with van der Waals surface area (Å²) in [6, 6.07) is 1.03. The lowest BCUT2D eigenvalue weighted by molar-refractivity contribution is 0.0971. The zero-order valence-electron chi connectivity index (χ0n) is 8.32. The van der Waals surface area contributed by atoms with E-state index in [1.54, 1.807) is 0 Å². The van der Waals surface area contributed by atoms with Crippen molar-refractivity contribution in [3.8, 4) is 0 Å². The first-order valence-corrected chi connectivity index (χ1v) is 4.74. The first-order chi connectivity index (χ1) is 7.06.